The van der Waals surface area contributed by atoms with Gasteiger partial charge in [-0.2, -0.15) is 0 Å². The molecule has 0 unspecified atom stereocenters. The van der Waals surface area contributed by atoms with Gasteiger partial charge in [0.1, 0.15) is 5.56 Å². The molecular weight excluding hydrogens is 372 g/mol. The average molecular weight is 388 g/mol. The van der Waals surface area contributed by atoms with E-state index < -0.39 is 18.2 Å². The van der Waals surface area contributed by atoms with Crippen molar-refractivity contribution in [3.8, 4) is 5.75 Å². The largest absolute Gasteiger partial charge is 0.493 e. The average Bonchev–Trinajstić information content (AvgIpc) is 2.76. The van der Waals surface area contributed by atoms with E-state index in [2.05, 4.69) is 0 Å². The molecular formula is C23H16O6. The second-order valence-electron chi connectivity index (χ2n) is 6.35. The smallest absolute Gasteiger partial charge is 0.351 e. The second-order valence-corrected chi connectivity index (χ2v) is 6.35. The van der Waals surface area contributed by atoms with Crippen molar-refractivity contribution >= 4 is 33.5 Å². The normalized spacial score (nSPS) is 10.8. The maximum atomic E-state index is 12.6. The van der Waals surface area contributed by atoms with E-state index >= 15 is 0 Å². The van der Waals surface area contributed by atoms with Crippen molar-refractivity contribution in [2.45, 2.75) is 0 Å². The fourth-order valence-corrected chi connectivity index (χ4v) is 3.18. The number of methoxy groups -OCH3 is 1. The SMILES string of the molecule is COc1cccc2cc(C(=O)OCC(=O)c3cccc4ccccc34)c(=O)oc12. The van der Waals surface area contributed by atoms with Gasteiger partial charge in [-0.25, -0.2) is 9.59 Å². The molecule has 4 rings (SSSR count). The van der Waals surface area contributed by atoms with Crippen molar-refractivity contribution in [3.05, 3.63) is 88.3 Å². The van der Waals surface area contributed by atoms with Gasteiger partial charge in [-0.3, -0.25) is 4.79 Å². The van der Waals surface area contributed by atoms with E-state index in [9.17, 15) is 14.4 Å². The maximum absolute atomic E-state index is 12.6. The van der Waals surface area contributed by atoms with Crippen LogP contribution in [0.3, 0.4) is 0 Å². The quantitative estimate of drug-likeness (QED) is 0.292. The lowest BCUT2D eigenvalue weighted by molar-refractivity contribution is 0.0471. The third kappa shape index (κ3) is 3.48. The predicted molar refractivity (Wildman–Crippen MR) is 108 cm³/mol. The Kier molecular flexibility index (Phi) is 4.83. The molecule has 0 saturated heterocycles. The zero-order valence-corrected chi connectivity index (χ0v) is 15.5. The highest BCUT2D eigenvalue weighted by Crippen LogP contribution is 2.24. The van der Waals surface area contributed by atoms with Crippen LogP contribution in [0.15, 0.2) is 75.9 Å². The van der Waals surface area contributed by atoms with Crippen LogP contribution in [0.25, 0.3) is 21.7 Å². The summed E-state index contributed by atoms with van der Waals surface area (Å²) in [6, 6.07) is 19.2. The molecule has 6 heteroatoms. The molecule has 3 aromatic carbocycles. The Balaban J connectivity index is 1.57. The van der Waals surface area contributed by atoms with Gasteiger partial charge in [0, 0.05) is 10.9 Å². The summed E-state index contributed by atoms with van der Waals surface area (Å²) in [5.74, 6) is -0.898. The van der Waals surface area contributed by atoms with E-state index in [0.717, 1.165) is 10.8 Å². The van der Waals surface area contributed by atoms with Crippen molar-refractivity contribution in [1.82, 2.24) is 0 Å². The number of carbonyl (C=O) groups excluding carboxylic acids is 2. The summed E-state index contributed by atoms with van der Waals surface area (Å²) in [5, 5.41) is 2.19. The lowest BCUT2D eigenvalue weighted by atomic mass is 10.0. The molecule has 0 N–H and O–H groups in total. The van der Waals surface area contributed by atoms with E-state index in [0.29, 0.717) is 16.7 Å². The topological polar surface area (TPSA) is 82.8 Å². The number of Topliss-reactive ketones (excluding diaryl/α,β-unsaturated/α-hetero) is 1. The molecule has 0 fully saturated rings. The lowest BCUT2D eigenvalue weighted by Crippen LogP contribution is -2.20. The van der Waals surface area contributed by atoms with E-state index in [1.807, 2.05) is 30.3 Å². The van der Waals surface area contributed by atoms with Gasteiger partial charge in [-0.05, 0) is 22.9 Å². The first-order valence-electron chi connectivity index (χ1n) is 8.87. The van der Waals surface area contributed by atoms with E-state index in [4.69, 9.17) is 13.9 Å². The molecule has 0 aliphatic heterocycles. The van der Waals surface area contributed by atoms with Crippen molar-refractivity contribution in [1.29, 1.82) is 0 Å². The van der Waals surface area contributed by atoms with Crippen LogP contribution in [0.5, 0.6) is 5.75 Å². The summed E-state index contributed by atoms with van der Waals surface area (Å²) >= 11 is 0. The van der Waals surface area contributed by atoms with Gasteiger partial charge >= 0.3 is 11.6 Å². The van der Waals surface area contributed by atoms with Gasteiger partial charge in [-0.15, -0.1) is 0 Å². The molecule has 0 atom stereocenters. The van der Waals surface area contributed by atoms with Gasteiger partial charge in [-0.1, -0.05) is 54.6 Å². The van der Waals surface area contributed by atoms with Crippen molar-refractivity contribution < 1.29 is 23.5 Å². The number of rotatable bonds is 5. The highest BCUT2D eigenvalue weighted by atomic mass is 16.5. The molecule has 144 valence electrons. The summed E-state index contributed by atoms with van der Waals surface area (Å²) in [7, 11) is 1.45. The van der Waals surface area contributed by atoms with Crippen LogP contribution < -0.4 is 10.4 Å². The Morgan fingerprint density at radius 3 is 2.45 bits per heavy atom. The van der Waals surface area contributed by atoms with Crippen LogP contribution in [0.4, 0.5) is 0 Å². The molecule has 1 aromatic heterocycles. The first-order chi connectivity index (χ1) is 14.1. The highest BCUT2D eigenvalue weighted by Gasteiger charge is 2.19. The summed E-state index contributed by atoms with van der Waals surface area (Å²) < 4.78 is 15.5. The molecule has 0 saturated carbocycles. The summed E-state index contributed by atoms with van der Waals surface area (Å²) in [6.45, 7) is -0.484. The van der Waals surface area contributed by atoms with Crippen LogP contribution in [-0.2, 0) is 4.74 Å². The van der Waals surface area contributed by atoms with E-state index in [1.54, 1.807) is 30.3 Å². The maximum Gasteiger partial charge on any atom is 0.351 e. The highest BCUT2D eigenvalue weighted by molar-refractivity contribution is 6.09. The van der Waals surface area contributed by atoms with Crippen LogP contribution in [0.2, 0.25) is 0 Å². The minimum absolute atomic E-state index is 0.239. The monoisotopic (exact) mass is 388 g/mol. The molecule has 0 spiro atoms. The van der Waals surface area contributed by atoms with Crippen molar-refractivity contribution in [2.75, 3.05) is 13.7 Å². The number of hydrogen-bond donors (Lipinski definition) is 0. The predicted octanol–water partition coefficient (Wildman–Crippen LogP) is 3.99. The molecule has 0 bridgehead atoms. The number of hydrogen-bond acceptors (Lipinski definition) is 6. The van der Waals surface area contributed by atoms with Gasteiger partial charge in [0.25, 0.3) is 0 Å². The Labute approximate surface area is 165 Å². The van der Waals surface area contributed by atoms with Gasteiger partial charge in [0.2, 0.25) is 5.78 Å². The lowest BCUT2D eigenvalue weighted by Gasteiger charge is -2.08. The van der Waals surface area contributed by atoms with Crippen LogP contribution in [-0.4, -0.2) is 25.5 Å². The Hall–Kier alpha value is -3.93. The number of ketones is 1. The molecule has 0 aliphatic rings. The number of para-hydroxylation sites is 1. The van der Waals surface area contributed by atoms with Crippen LogP contribution in [0.1, 0.15) is 20.7 Å². The standard InChI is InChI=1S/C23H16O6/c1-27-20-11-5-8-15-12-18(23(26)29-21(15)20)22(25)28-13-19(24)17-10-4-7-14-6-2-3-9-16(14)17/h2-12H,13H2,1H3. The molecule has 4 aromatic rings. The molecule has 0 aliphatic carbocycles. The van der Waals surface area contributed by atoms with Gasteiger partial charge in [0.05, 0.1) is 7.11 Å². The molecule has 0 radical (unpaired) electrons. The summed E-state index contributed by atoms with van der Waals surface area (Å²) in [4.78, 5) is 37.2. The van der Waals surface area contributed by atoms with Gasteiger partial charge < -0.3 is 13.9 Å². The summed E-state index contributed by atoms with van der Waals surface area (Å²) in [5.41, 5.74) is -0.448. The minimum Gasteiger partial charge on any atom is -0.493 e. The minimum atomic E-state index is -0.919. The second kappa shape index (κ2) is 7.59. The fraction of sp³-hybridized carbons (Fsp3) is 0.0870. The Morgan fingerprint density at radius 1 is 0.897 bits per heavy atom. The molecule has 1 heterocycles. The van der Waals surface area contributed by atoms with E-state index in [-0.39, 0.29) is 16.9 Å². The first kappa shape index (κ1) is 18.4. The third-order valence-electron chi connectivity index (χ3n) is 4.59. The van der Waals surface area contributed by atoms with Gasteiger partial charge in [0.15, 0.2) is 17.9 Å². The number of esters is 1. The number of ether oxygens (including phenoxy) is 2. The molecule has 29 heavy (non-hydrogen) atoms. The Bertz CT molecular complexity index is 1300. The summed E-state index contributed by atoms with van der Waals surface area (Å²) in [6.07, 6.45) is 0. The molecule has 0 amide bonds. The molecule has 6 nitrogen and oxygen atoms in total. The van der Waals surface area contributed by atoms with Crippen molar-refractivity contribution in [3.63, 3.8) is 0 Å². The number of carbonyl (C=O) groups is 2. The first-order valence-corrected chi connectivity index (χ1v) is 8.87. The van der Waals surface area contributed by atoms with E-state index in [1.165, 1.54) is 13.2 Å². The zero-order chi connectivity index (χ0) is 20.4. The number of benzene rings is 3. The zero-order valence-electron chi connectivity index (χ0n) is 15.5. The Morgan fingerprint density at radius 2 is 1.62 bits per heavy atom. The fourth-order valence-electron chi connectivity index (χ4n) is 3.18. The van der Waals surface area contributed by atoms with Crippen LogP contribution >= 0.6 is 0 Å². The third-order valence-corrected chi connectivity index (χ3v) is 4.59. The van der Waals surface area contributed by atoms with Crippen LogP contribution in [0, 0.1) is 0 Å². The van der Waals surface area contributed by atoms with Crippen molar-refractivity contribution in [2.24, 2.45) is 0 Å². The number of fused-ring (bicyclic) bond motifs is 2.